The van der Waals surface area contributed by atoms with Crippen LogP contribution in [0.3, 0.4) is 0 Å². The van der Waals surface area contributed by atoms with Gasteiger partial charge in [-0.3, -0.25) is 19.2 Å². The zero-order valence-corrected chi connectivity index (χ0v) is 23.9. The predicted molar refractivity (Wildman–Crippen MR) is 142 cm³/mol. The summed E-state index contributed by atoms with van der Waals surface area (Å²) >= 11 is 0. The molecule has 238 valence electrons. The molecule has 2 fully saturated rings. The molecule has 0 bridgehead atoms. The van der Waals surface area contributed by atoms with Gasteiger partial charge in [0.15, 0.2) is 23.7 Å². The average molecular weight is 613 g/mol. The molecule has 0 radical (unpaired) electrons. The van der Waals surface area contributed by atoms with E-state index in [1.807, 2.05) is 0 Å². The highest BCUT2D eigenvalue weighted by atomic mass is 19.1. The normalized spacial score (nSPS) is 38.6. The van der Waals surface area contributed by atoms with Crippen LogP contribution in [-0.4, -0.2) is 93.3 Å². The number of allylic oxidation sites excluding steroid dienone is 4. The number of carbonyl (C=O) groups is 4. The van der Waals surface area contributed by atoms with E-state index in [0.717, 1.165) is 0 Å². The van der Waals surface area contributed by atoms with Gasteiger partial charge in [0, 0.05) is 29.6 Å². The molecule has 4 aliphatic rings. The Balaban J connectivity index is 1.41. The first-order chi connectivity index (χ1) is 20.0. The minimum atomic E-state index is -2.49. The SMILES string of the molecule is C[C@]12C=CC(=O)CC1=CC[C@H]1[C@@H]3C[C@@H](O)[C@](O)(C(=O)COC(=O)C(N)COC(=O)CCCO[N+](=O)[O-])[C@@]3(C)C[C@H](O)[C@@]12F. The maximum atomic E-state index is 17.2. The summed E-state index contributed by atoms with van der Waals surface area (Å²) in [6.45, 7) is 1.18. The zero-order chi connectivity index (χ0) is 32.0. The monoisotopic (exact) mass is 612 g/mol. The first-order valence-electron chi connectivity index (χ1n) is 14.1. The first kappa shape index (κ1) is 32.6. The maximum Gasteiger partial charge on any atom is 0.326 e. The Morgan fingerprint density at radius 2 is 1.91 bits per heavy atom. The van der Waals surface area contributed by atoms with Crippen molar-refractivity contribution in [3.63, 3.8) is 0 Å². The van der Waals surface area contributed by atoms with E-state index >= 15 is 4.39 Å². The fourth-order valence-electron chi connectivity index (χ4n) is 7.67. The highest BCUT2D eigenvalue weighted by Gasteiger charge is 2.76. The summed E-state index contributed by atoms with van der Waals surface area (Å²) in [4.78, 5) is 63.7. The van der Waals surface area contributed by atoms with Crippen LogP contribution in [0.1, 0.15) is 52.4 Å². The Bertz CT molecular complexity index is 1260. The molecule has 4 rings (SSSR count). The summed E-state index contributed by atoms with van der Waals surface area (Å²) in [6.07, 6.45) is 0.589. The van der Waals surface area contributed by atoms with Crippen molar-refractivity contribution in [3.8, 4) is 0 Å². The molecule has 14 nitrogen and oxygen atoms in total. The largest absolute Gasteiger partial charge is 0.463 e. The number of fused-ring (bicyclic) bond motifs is 5. The zero-order valence-electron chi connectivity index (χ0n) is 23.9. The number of ether oxygens (including phenoxy) is 2. The molecule has 9 atom stereocenters. The van der Waals surface area contributed by atoms with Gasteiger partial charge in [0.05, 0.1) is 18.8 Å². The van der Waals surface area contributed by atoms with Crippen LogP contribution in [0, 0.1) is 32.8 Å². The number of aliphatic hydroxyl groups excluding tert-OH is 2. The lowest BCUT2D eigenvalue weighted by Gasteiger charge is -2.61. The summed E-state index contributed by atoms with van der Waals surface area (Å²) in [6, 6.07) is -1.50. The molecule has 0 saturated heterocycles. The topological polar surface area (TPSA) is 226 Å². The van der Waals surface area contributed by atoms with Gasteiger partial charge in [-0.2, -0.15) is 0 Å². The number of nitrogens with two attached hydrogens (primary N) is 1. The van der Waals surface area contributed by atoms with E-state index in [0.29, 0.717) is 5.57 Å². The van der Waals surface area contributed by atoms with Gasteiger partial charge in [0.25, 0.3) is 5.09 Å². The van der Waals surface area contributed by atoms with Gasteiger partial charge in [0.1, 0.15) is 12.6 Å². The Hall–Kier alpha value is -3.27. The van der Waals surface area contributed by atoms with Crippen LogP contribution in [0.25, 0.3) is 0 Å². The summed E-state index contributed by atoms with van der Waals surface area (Å²) in [5, 5.41) is 43.2. The third kappa shape index (κ3) is 5.25. The van der Waals surface area contributed by atoms with Gasteiger partial charge in [-0.25, -0.2) is 4.39 Å². The van der Waals surface area contributed by atoms with E-state index in [1.165, 1.54) is 19.1 Å². The molecule has 0 aromatic rings. The predicted octanol–water partition coefficient (Wildman–Crippen LogP) is 0.0304. The number of ketones is 2. The molecule has 0 aliphatic heterocycles. The van der Waals surface area contributed by atoms with Gasteiger partial charge in [-0.1, -0.05) is 24.6 Å². The van der Waals surface area contributed by atoms with Crippen LogP contribution in [0.2, 0.25) is 0 Å². The van der Waals surface area contributed by atoms with Crippen molar-refractivity contribution < 1.29 is 58.3 Å². The van der Waals surface area contributed by atoms with E-state index in [2.05, 4.69) is 4.84 Å². The molecule has 0 amide bonds. The molecule has 5 N–H and O–H groups in total. The molecular formula is C28H37FN2O12. The molecule has 0 heterocycles. The Kier molecular flexibility index (Phi) is 8.86. The lowest BCUT2D eigenvalue weighted by molar-refractivity contribution is -0.757. The third-order valence-electron chi connectivity index (χ3n) is 10.0. The van der Waals surface area contributed by atoms with E-state index in [4.69, 9.17) is 15.2 Å². The Labute approximate surface area is 246 Å². The molecular weight excluding hydrogens is 575 g/mol. The number of halogens is 1. The van der Waals surface area contributed by atoms with E-state index in [1.54, 1.807) is 13.0 Å². The summed E-state index contributed by atoms with van der Waals surface area (Å²) < 4.78 is 27.0. The van der Waals surface area contributed by atoms with Crippen LogP contribution < -0.4 is 5.73 Å². The highest BCUT2D eigenvalue weighted by molar-refractivity contribution is 5.94. The quantitative estimate of drug-likeness (QED) is 0.0795. The molecule has 4 aliphatic carbocycles. The van der Waals surface area contributed by atoms with Crippen molar-refractivity contribution >= 4 is 23.5 Å². The molecule has 2 saturated carbocycles. The number of hydrogen-bond donors (Lipinski definition) is 4. The van der Waals surface area contributed by atoms with Gasteiger partial charge in [-0.05, 0) is 44.6 Å². The number of aliphatic hydroxyl groups is 3. The molecule has 15 heteroatoms. The van der Waals surface area contributed by atoms with Crippen LogP contribution in [-0.2, 0) is 33.5 Å². The Morgan fingerprint density at radius 3 is 2.58 bits per heavy atom. The second-order valence-corrected chi connectivity index (χ2v) is 12.3. The summed E-state index contributed by atoms with van der Waals surface area (Å²) in [5.74, 6) is -4.83. The van der Waals surface area contributed by atoms with Crippen molar-refractivity contribution in [2.24, 2.45) is 28.4 Å². The minimum absolute atomic E-state index is 0.0131. The molecule has 0 spiro atoms. The van der Waals surface area contributed by atoms with Crippen molar-refractivity contribution in [2.75, 3.05) is 19.8 Å². The van der Waals surface area contributed by atoms with Gasteiger partial charge >= 0.3 is 11.9 Å². The fraction of sp³-hybridized carbons (Fsp3) is 0.714. The molecule has 0 aromatic heterocycles. The van der Waals surface area contributed by atoms with Crippen LogP contribution in [0.5, 0.6) is 0 Å². The van der Waals surface area contributed by atoms with Crippen LogP contribution in [0.4, 0.5) is 4.39 Å². The summed E-state index contributed by atoms with van der Waals surface area (Å²) in [5.41, 5.74) is -1.28. The number of nitrogens with zero attached hydrogens (tertiary/aromatic N) is 1. The van der Waals surface area contributed by atoms with Crippen LogP contribution >= 0.6 is 0 Å². The van der Waals surface area contributed by atoms with E-state index in [9.17, 15) is 44.6 Å². The smallest absolute Gasteiger partial charge is 0.326 e. The van der Waals surface area contributed by atoms with Gasteiger partial charge in [-0.15, -0.1) is 10.1 Å². The molecule has 43 heavy (non-hydrogen) atoms. The average Bonchev–Trinajstić information content (AvgIpc) is 3.14. The number of alkyl halides is 1. The fourth-order valence-corrected chi connectivity index (χ4v) is 7.67. The van der Waals surface area contributed by atoms with Crippen molar-refractivity contribution in [2.45, 2.75) is 81.9 Å². The highest BCUT2D eigenvalue weighted by Crippen LogP contribution is 2.69. The lowest BCUT2D eigenvalue weighted by atomic mass is 9.45. The number of hydrogen-bond acceptors (Lipinski definition) is 13. The Morgan fingerprint density at radius 1 is 1.21 bits per heavy atom. The van der Waals surface area contributed by atoms with E-state index < -0.39 is 88.2 Å². The maximum absolute atomic E-state index is 17.2. The van der Waals surface area contributed by atoms with Gasteiger partial charge in [0.2, 0.25) is 5.78 Å². The molecule has 0 aromatic carbocycles. The number of Topliss-reactive ketones (excluding diaryl/α,β-unsaturated/α-hetero) is 1. The minimum Gasteiger partial charge on any atom is -0.463 e. The van der Waals surface area contributed by atoms with Crippen molar-refractivity contribution in [1.82, 2.24) is 0 Å². The number of rotatable bonds is 11. The standard InChI is InChI=1S/C28H37FN2O12/c1-25-8-7-16(32)10-15(25)5-6-17-18-11-20(33)28(38,26(18,2)12-21(34)27(17,25)29)22(35)14-42-24(37)19(30)13-41-23(36)4-3-9-43-31(39)40/h5,7-8,17-21,33-34,38H,3-4,6,9-14,30H2,1-2H3/t17-,18-,19?,20+,21-,25-,26-,27-,28-/m0/s1. The number of carbonyl (C=O) groups excluding carboxylic acids is 4. The van der Waals surface area contributed by atoms with Crippen LogP contribution in [0.15, 0.2) is 23.8 Å². The first-order valence-corrected chi connectivity index (χ1v) is 14.1. The lowest BCUT2D eigenvalue weighted by Crippen LogP contribution is -2.69. The summed E-state index contributed by atoms with van der Waals surface area (Å²) in [7, 11) is 0. The van der Waals surface area contributed by atoms with E-state index in [-0.39, 0.29) is 50.9 Å². The van der Waals surface area contributed by atoms with Gasteiger partial charge < -0.3 is 35.4 Å². The second-order valence-electron chi connectivity index (χ2n) is 12.3. The third-order valence-corrected chi connectivity index (χ3v) is 10.0. The molecule has 1 unspecified atom stereocenters. The van der Waals surface area contributed by atoms with Crippen molar-refractivity contribution in [3.05, 3.63) is 33.9 Å². The van der Waals surface area contributed by atoms with Crippen molar-refractivity contribution in [1.29, 1.82) is 0 Å². The number of esters is 2. The second kappa shape index (κ2) is 11.7.